The predicted molar refractivity (Wildman–Crippen MR) is 73.1 cm³/mol. The van der Waals surface area contributed by atoms with Gasteiger partial charge >= 0.3 is 5.69 Å². The third-order valence-corrected chi connectivity index (χ3v) is 3.61. The van der Waals surface area contributed by atoms with Crippen molar-refractivity contribution in [3.63, 3.8) is 0 Å². The third kappa shape index (κ3) is 2.49. The van der Waals surface area contributed by atoms with Crippen LogP contribution in [-0.2, 0) is 6.54 Å². The van der Waals surface area contributed by atoms with Crippen LogP contribution >= 0.6 is 0 Å². The van der Waals surface area contributed by atoms with Gasteiger partial charge in [0.05, 0.1) is 12.6 Å². The van der Waals surface area contributed by atoms with Gasteiger partial charge in [0.2, 0.25) is 0 Å². The molecular formula is C15H18N2O2. The van der Waals surface area contributed by atoms with E-state index in [1.165, 1.54) is 0 Å². The number of aromatic nitrogens is 2. The highest BCUT2D eigenvalue weighted by Crippen LogP contribution is 2.33. The van der Waals surface area contributed by atoms with Gasteiger partial charge in [-0.25, -0.2) is 4.79 Å². The Balaban J connectivity index is 1.79. The van der Waals surface area contributed by atoms with Crippen LogP contribution in [-0.4, -0.2) is 14.2 Å². The zero-order valence-electron chi connectivity index (χ0n) is 11.0. The van der Waals surface area contributed by atoms with Gasteiger partial charge in [0, 0.05) is 18.4 Å². The summed E-state index contributed by atoms with van der Waals surface area (Å²) in [7, 11) is 0. The van der Waals surface area contributed by atoms with Gasteiger partial charge in [-0.1, -0.05) is 29.8 Å². The van der Waals surface area contributed by atoms with Gasteiger partial charge < -0.3 is 5.11 Å². The molecule has 1 atom stereocenters. The van der Waals surface area contributed by atoms with Crippen molar-refractivity contribution >= 4 is 0 Å². The number of benzene rings is 1. The average Bonchev–Trinajstić information content (AvgIpc) is 3.16. The van der Waals surface area contributed by atoms with E-state index >= 15 is 0 Å². The highest BCUT2D eigenvalue weighted by molar-refractivity contribution is 5.23. The van der Waals surface area contributed by atoms with Crippen molar-refractivity contribution in [3.05, 3.63) is 58.3 Å². The van der Waals surface area contributed by atoms with Gasteiger partial charge in [-0.3, -0.25) is 9.13 Å². The smallest absolute Gasteiger partial charge is 0.328 e. The molecule has 1 saturated carbocycles. The van der Waals surface area contributed by atoms with Crippen LogP contribution in [0.15, 0.2) is 41.5 Å². The topological polar surface area (TPSA) is 47.2 Å². The van der Waals surface area contributed by atoms with E-state index < -0.39 is 6.10 Å². The van der Waals surface area contributed by atoms with Crippen LogP contribution in [0.1, 0.15) is 36.1 Å². The molecule has 0 radical (unpaired) electrons. The van der Waals surface area contributed by atoms with Crippen LogP contribution in [0.2, 0.25) is 0 Å². The molecule has 4 heteroatoms. The summed E-state index contributed by atoms with van der Waals surface area (Å²) < 4.78 is 3.36. The molecule has 1 aliphatic carbocycles. The van der Waals surface area contributed by atoms with Crippen LogP contribution in [0.5, 0.6) is 0 Å². The van der Waals surface area contributed by atoms with Crippen molar-refractivity contribution in [3.8, 4) is 0 Å². The molecule has 1 unspecified atom stereocenters. The minimum atomic E-state index is -0.646. The molecule has 0 saturated heterocycles. The summed E-state index contributed by atoms with van der Waals surface area (Å²) >= 11 is 0. The molecule has 3 rings (SSSR count). The first-order chi connectivity index (χ1) is 9.15. The Morgan fingerprint density at radius 1 is 1.37 bits per heavy atom. The summed E-state index contributed by atoms with van der Waals surface area (Å²) in [5, 5.41) is 10.2. The highest BCUT2D eigenvalue weighted by atomic mass is 16.3. The summed E-state index contributed by atoms with van der Waals surface area (Å²) in [5.74, 6) is 0. The quantitative estimate of drug-likeness (QED) is 0.912. The standard InChI is InChI=1S/C15H18N2O2/c1-11-3-2-4-12(9-11)14(18)10-16-7-8-17(15(16)19)13-5-6-13/h2-4,7-9,13-14,18H,5-6,10H2,1H3. The van der Waals surface area contributed by atoms with Crippen LogP contribution in [0.25, 0.3) is 0 Å². The Hall–Kier alpha value is -1.81. The first kappa shape index (κ1) is 12.2. The van der Waals surface area contributed by atoms with Crippen molar-refractivity contribution in [1.29, 1.82) is 0 Å². The van der Waals surface area contributed by atoms with Crippen LogP contribution in [0.3, 0.4) is 0 Å². The molecule has 1 aromatic heterocycles. The number of hydrogen-bond acceptors (Lipinski definition) is 2. The molecule has 0 aliphatic heterocycles. The second-order valence-corrected chi connectivity index (χ2v) is 5.30. The Morgan fingerprint density at radius 2 is 2.16 bits per heavy atom. The van der Waals surface area contributed by atoms with Crippen molar-refractivity contribution in [2.45, 2.75) is 38.5 Å². The fourth-order valence-electron chi connectivity index (χ4n) is 2.37. The highest BCUT2D eigenvalue weighted by Gasteiger charge is 2.25. The fourth-order valence-corrected chi connectivity index (χ4v) is 2.37. The number of imidazole rings is 1. The lowest BCUT2D eigenvalue weighted by Crippen LogP contribution is -2.25. The molecule has 4 nitrogen and oxygen atoms in total. The summed E-state index contributed by atoms with van der Waals surface area (Å²) in [6.45, 7) is 2.30. The molecule has 1 heterocycles. The van der Waals surface area contributed by atoms with E-state index in [1.54, 1.807) is 15.3 Å². The number of aryl methyl sites for hydroxylation is 1. The number of rotatable bonds is 4. The summed E-state index contributed by atoms with van der Waals surface area (Å²) in [6, 6.07) is 8.14. The number of nitrogens with zero attached hydrogens (tertiary/aromatic N) is 2. The first-order valence-corrected chi connectivity index (χ1v) is 6.67. The van der Waals surface area contributed by atoms with Gasteiger partial charge in [-0.05, 0) is 25.3 Å². The summed E-state index contributed by atoms with van der Waals surface area (Å²) in [5.41, 5.74) is 1.94. The molecular weight excluding hydrogens is 240 g/mol. The second-order valence-electron chi connectivity index (χ2n) is 5.30. The maximum atomic E-state index is 12.1. The normalized spacial score (nSPS) is 16.5. The second kappa shape index (κ2) is 4.70. The molecule has 2 aromatic rings. The monoisotopic (exact) mass is 258 g/mol. The lowest BCUT2D eigenvalue weighted by Gasteiger charge is -2.11. The third-order valence-electron chi connectivity index (χ3n) is 3.61. The summed E-state index contributed by atoms with van der Waals surface area (Å²) in [4.78, 5) is 12.1. The maximum Gasteiger partial charge on any atom is 0.328 e. The average molecular weight is 258 g/mol. The molecule has 0 bridgehead atoms. The SMILES string of the molecule is Cc1cccc(C(O)Cn2ccn(C3CC3)c2=O)c1. The molecule has 1 fully saturated rings. The minimum Gasteiger partial charge on any atom is -0.387 e. The lowest BCUT2D eigenvalue weighted by molar-refractivity contribution is 0.155. The fraction of sp³-hybridized carbons (Fsp3) is 0.400. The zero-order valence-corrected chi connectivity index (χ0v) is 11.0. The minimum absolute atomic E-state index is 0.0193. The van der Waals surface area contributed by atoms with Gasteiger partial charge in [0.25, 0.3) is 0 Å². The van der Waals surface area contributed by atoms with Crippen LogP contribution < -0.4 is 5.69 Å². The number of aliphatic hydroxyl groups is 1. The van der Waals surface area contributed by atoms with Gasteiger partial charge in [-0.15, -0.1) is 0 Å². The Labute approximate surface area is 111 Å². The van der Waals surface area contributed by atoms with E-state index in [-0.39, 0.29) is 5.69 Å². The van der Waals surface area contributed by atoms with Crippen molar-refractivity contribution in [1.82, 2.24) is 9.13 Å². The molecule has 1 aliphatic rings. The molecule has 19 heavy (non-hydrogen) atoms. The zero-order chi connectivity index (χ0) is 13.4. The van der Waals surface area contributed by atoms with E-state index in [0.29, 0.717) is 12.6 Å². The lowest BCUT2D eigenvalue weighted by atomic mass is 10.1. The van der Waals surface area contributed by atoms with Gasteiger partial charge in [0.15, 0.2) is 0 Å². The largest absolute Gasteiger partial charge is 0.387 e. The Bertz CT molecular complexity index is 638. The molecule has 100 valence electrons. The van der Waals surface area contributed by atoms with E-state index in [1.807, 2.05) is 37.4 Å². The predicted octanol–water partition coefficient (Wildman–Crippen LogP) is 2.03. The summed E-state index contributed by atoms with van der Waals surface area (Å²) in [6.07, 6.45) is 5.12. The van der Waals surface area contributed by atoms with E-state index in [0.717, 1.165) is 24.0 Å². The number of hydrogen-bond donors (Lipinski definition) is 1. The molecule has 1 N–H and O–H groups in total. The number of aliphatic hydroxyl groups excluding tert-OH is 1. The maximum absolute atomic E-state index is 12.1. The van der Waals surface area contributed by atoms with E-state index in [9.17, 15) is 9.90 Å². The molecule has 0 amide bonds. The van der Waals surface area contributed by atoms with Crippen molar-refractivity contribution in [2.75, 3.05) is 0 Å². The van der Waals surface area contributed by atoms with Crippen molar-refractivity contribution < 1.29 is 5.11 Å². The Morgan fingerprint density at radius 3 is 2.84 bits per heavy atom. The molecule has 0 spiro atoms. The van der Waals surface area contributed by atoms with Crippen LogP contribution in [0.4, 0.5) is 0 Å². The van der Waals surface area contributed by atoms with Crippen molar-refractivity contribution in [2.24, 2.45) is 0 Å². The van der Waals surface area contributed by atoms with Gasteiger partial charge in [-0.2, -0.15) is 0 Å². The Kier molecular flexibility index (Phi) is 3.03. The molecule has 1 aromatic carbocycles. The van der Waals surface area contributed by atoms with E-state index in [4.69, 9.17) is 0 Å². The first-order valence-electron chi connectivity index (χ1n) is 6.67. The van der Waals surface area contributed by atoms with E-state index in [2.05, 4.69) is 0 Å². The van der Waals surface area contributed by atoms with Crippen LogP contribution in [0, 0.1) is 6.92 Å². The van der Waals surface area contributed by atoms with Gasteiger partial charge in [0.1, 0.15) is 0 Å².